The van der Waals surface area contributed by atoms with Crippen molar-refractivity contribution in [3.05, 3.63) is 48.6 Å². The van der Waals surface area contributed by atoms with Crippen LogP contribution in [0.5, 0.6) is 0 Å². The molecule has 0 aliphatic heterocycles. The van der Waals surface area contributed by atoms with Crippen molar-refractivity contribution in [1.29, 1.82) is 0 Å². The number of carbonyl (C=O) groups is 3. The van der Waals surface area contributed by atoms with Crippen molar-refractivity contribution < 1.29 is 28.6 Å². The zero-order chi connectivity index (χ0) is 43.7. The van der Waals surface area contributed by atoms with Crippen molar-refractivity contribution in [2.75, 3.05) is 13.2 Å². The normalized spacial score (nSPS) is 12.4. The summed E-state index contributed by atoms with van der Waals surface area (Å²) in [4.78, 5) is 37.8. The van der Waals surface area contributed by atoms with Crippen LogP contribution in [-0.2, 0) is 28.6 Å². The fourth-order valence-electron chi connectivity index (χ4n) is 7.26. The molecular weight excluding hydrogens is 745 g/mol. The molecule has 0 aromatic heterocycles. The topological polar surface area (TPSA) is 78.9 Å². The molecule has 0 amide bonds. The largest absolute Gasteiger partial charge is 0.462 e. The molecule has 1 unspecified atom stereocenters. The monoisotopic (exact) mass is 841 g/mol. The third kappa shape index (κ3) is 46.4. The van der Waals surface area contributed by atoms with Gasteiger partial charge in [0.1, 0.15) is 13.2 Å². The molecule has 6 heteroatoms. The van der Waals surface area contributed by atoms with E-state index in [2.05, 4.69) is 69.4 Å². The van der Waals surface area contributed by atoms with Crippen molar-refractivity contribution in [3.8, 4) is 0 Å². The van der Waals surface area contributed by atoms with Gasteiger partial charge in [-0.05, 0) is 57.8 Å². The lowest BCUT2D eigenvalue weighted by Gasteiger charge is -2.18. The Labute approximate surface area is 371 Å². The summed E-state index contributed by atoms with van der Waals surface area (Å²) in [5.41, 5.74) is 0. The first kappa shape index (κ1) is 57.4. The molecule has 1 atom stereocenters. The van der Waals surface area contributed by atoms with Crippen LogP contribution < -0.4 is 0 Å². The van der Waals surface area contributed by atoms with E-state index < -0.39 is 6.10 Å². The average Bonchev–Trinajstić information content (AvgIpc) is 3.24. The fraction of sp³-hybridized carbons (Fsp3) is 0.796. The second kappa shape index (κ2) is 49.0. The number of hydrogen-bond acceptors (Lipinski definition) is 6. The molecule has 0 bridgehead atoms. The van der Waals surface area contributed by atoms with Gasteiger partial charge in [-0.3, -0.25) is 14.4 Å². The lowest BCUT2D eigenvalue weighted by molar-refractivity contribution is -0.167. The van der Waals surface area contributed by atoms with Gasteiger partial charge < -0.3 is 14.2 Å². The molecule has 0 aliphatic rings. The Bertz CT molecular complexity index is 1060. The Balaban J connectivity index is 4.27. The van der Waals surface area contributed by atoms with Gasteiger partial charge in [-0.25, -0.2) is 0 Å². The maximum Gasteiger partial charge on any atom is 0.306 e. The second-order valence-electron chi connectivity index (χ2n) is 17.1. The van der Waals surface area contributed by atoms with Gasteiger partial charge in [0.2, 0.25) is 0 Å². The van der Waals surface area contributed by atoms with E-state index in [0.717, 1.165) is 96.3 Å². The predicted octanol–water partition coefficient (Wildman–Crippen LogP) is 16.7. The highest BCUT2D eigenvalue weighted by atomic mass is 16.6. The smallest absolute Gasteiger partial charge is 0.306 e. The third-order valence-corrected chi connectivity index (χ3v) is 11.1. The standard InChI is InChI=1S/C54H96O6/c1-4-7-10-13-16-18-20-22-24-26-28-29-31-33-35-38-41-44-47-53(56)59-50-51(49-58-52(55)46-43-40-37-15-12-9-6-3)60-54(57)48-45-42-39-36-34-32-30-27-25-23-21-19-17-14-11-8-5-2/h8,11,17,19,23,25,30,32,51H,4-7,9-10,12-16,18,20-22,24,26-29,31,33-50H2,1-3H3/b11-8-,19-17-,25-23-,32-30-. The molecule has 0 aliphatic carbocycles. The van der Waals surface area contributed by atoms with E-state index in [-0.39, 0.29) is 31.1 Å². The highest BCUT2D eigenvalue weighted by Crippen LogP contribution is 2.16. The average molecular weight is 841 g/mol. The molecule has 0 aromatic rings. The van der Waals surface area contributed by atoms with E-state index in [0.29, 0.717) is 19.3 Å². The van der Waals surface area contributed by atoms with Crippen LogP contribution in [0.1, 0.15) is 258 Å². The van der Waals surface area contributed by atoms with Crippen LogP contribution in [0.25, 0.3) is 0 Å². The summed E-state index contributed by atoms with van der Waals surface area (Å²) in [6, 6.07) is 0. The van der Waals surface area contributed by atoms with Crippen LogP contribution >= 0.6 is 0 Å². The van der Waals surface area contributed by atoms with Crippen LogP contribution in [0.3, 0.4) is 0 Å². The van der Waals surface area contributed by atoms with E-state index in [1.54, 1.807) is 0 Å². The van der Waals surface area contributed by atoms with Gasteiger partial charge in [0.25, 0.3) is 0 Å². The molecule has 0 spiro atoms. The number of esters is 3. The maximum absolute atomic E-state index is 12.7. The van der Waals surface area contributed by atoms with E-state index in [9.17, 15) is 14.4 Å². The summed E-state index contributed by atoms with van der Waals surface area (Å²) in [5.74, 6) is -0.903. The van der Waals surface area contributed by atoms with Gasteiger partial charge in [-0.1, -0.05) is 230 Å². The molecule has 0 radical (unpaired) electrons. The molecule has 0 aromatic carbocycles. The Morgan fingerprint density at radius 1 is 0.350 bits per heavy atom. The molecule has 0 heterocycles. The quantitative estimate of drug-likeness (QED) is 0.0263. The zero-order valence-electron chi connectivity index (χ0n) is 39.7. The summed E-state index contributed by atoms with van der Waals surface area (Å²) in [6.45, 7) is 6.48. The number of hydrogen-bond donors (Lipinski definition) is 0. The first-order chi connectivity index (χ1) is 29.5. The van der Waals surface area contributed by atoms with Crippen LogP contribution in [0.4, 0.5) is 0 Å². The highest BCUT2D eigenvalue weighted by molar-refractivity contribution is 5.71. The van der Waals surface area contributed by atoms with Crippen molar-refractivity contribution in [3.63, 3.8) is 0 Å². The minimum absolute atomic E-state index is 0.0802. The molecule has 0 fully saturated rings. The first-order valence-corrected chi connectivity index (χ1v) is 25.6. The third-order valence-electron chi connectivity index (χ3n) is 11.1. The number of carbonyl (C=O) groups excluding carboxylic acids is 3. The Hall–Kier alpha value is -2.63. The molecule has 0 saturated heterocycles. The van der Waals surface area contributed by atoms with Gasteiger partial charge >= 0.3 is 17.9 Å². The molecule has 0 saturated carbocycles. The van der Waals surface area contributed by atoms with E-state index in [1.807, 2.05) is 0 Å². The van der Waals surface area contributed by atoms with E-state index >= 15 is 0 Å². The molecule has 348 valence electrons. The number of ether oxygens (including phenoxy) is 3. The summed E-state index contributed by atoms with van der Waals surface area (Å²) in [7, 11) is 0. The molecule has 0 rings (SSSR count). The van der Waals surface area contributed by atoms with Crippen LogP contribution in [-0.4, -0.2) is 37.2 Å². The van der Waals surface area contributed by atoms with Crippen molar-refractivity contribution in [1.82, 2.24) is 0 Å². The Morgan fingerprint density at radius 3 is 1.02 bits per heavy atom. The minimum Gasteiger partial charge on any atom is -0.462 e. The minimum atomic E-state index is -0.780. The number of allylic oxidation sites excluding steroid dienone is 8. The molecule has 6 nitrogen and oxygen atoms in total. The maximum atomic E-state index is 12.7. The zero-order valence-corrected chi connectivity index (χ0v) is 39.7. The molecule has 60 heavy (non-hydrogen) atoms. The predicted molar refractivity (Wildman–Crippen MR) is 256 cm³/mol. The molecule has 0 N–H and O–H groups in total. The van der Waals surface area contributed by atoms with E-state index in [4.69, 9.17) is 14.2 Å². The lowest BCUT2D eigenvalue weighted by atomic mass is 10.0. The Morgan fingerprint density at radius 2 is 0.650 bits per heavy atom. The summed E-state index contributed by atoms with van der Waals surface area (Å²) < 4.78 is 16.7. The fourth-order valence-corrected chi connectivity index (χ4v) is 7.26. The second-order valence-corrected chi connectivity index (χ2v) is 17.1. The van der Waals surface area contributed by atoms with Crippen molar-refractivity contribution >= 4 is 17.9 Å². The van der Waals surface area contributed by atoms with Crippen molar-refractivity contribution in [2.45, 2.75) is 264 Å². The molecular formula is C54H96O6. The van der Waals surface area contributed by atoms with E-state index in [1.165, 1.54) is 122 Å². The van der Waals surface area contributed by atoms with Crippen LogP contribution in [0.2, 0.25) is 0 Å². The van der Waals surface area contributed by atoms with Crippen LogP contribution in [0, 0.1) is 0 Å². The first-order valence-electron chi connectivity index (χ1n) is 25.6. The van der Waals surface area contributed by atoms with Gasteiger partial charge in [0.15, 0.2) is 6.10 Å². The van der Waals surface area contributed by atoms with Gasteiger partial charge in [0, 0.05) is 19.3 Å². The van der Waals surface area contributed by atoms with Gasteiger partial charge in [0.05, 0.1) is 0 Å². The summed E-state index contributed by atoms with van der Waals surface area (Å²) in [6.07, 6.45) is 58.3. The van der Waals surface area contributed by atoms with Crippen LogP contribution in [0.15, 0.2) is 48.6 Å². The SMILES string of the molecule is CC/C=C\C/C=C\C/C=C\C/C=C\CCCCCCC(=O)OC(COC(=O)CCCCCCCCC)COC(=O)CCCCCCCCCCCCCCCCCCCC. The number of rotatable bonds is 46. The lowest BCUT2D eigenvalue weighted by Crippen LogP contribution is -2.30. The summed E-state index contributed by atoms with van der Waals surface area (Å²) >= 11 is 0. The van der Waals surface area contributed by atoms with Crippen molar-refractivity contribution in [2.24, 2.45) is 0 Å². The van der Waals surface area contributed by atoms with Gasteiger partial charge in [-0.15, -0.1) is 0 Å². The summed E-state index contributed by atoms with van der Waals surface area (Å²) in [5, 5.41) is 0. The Kier molecular flexibility index (Phi) is 46.9. The van der Waals surface area contributed by atoms with Gasteiger partial charge in [-0.2, -0.15) is 0 Å². The highest BCUT2D eigenvalue weighted by Gasteiger charge is 2.19. The number of unbranched alkanes of at least 4 members (excludes halogenated alkanes) is 27.